The predicted octanol–water partition coefficient (Wildman–Crippen LogP) is 2.07. The first kappa shape index (κ1) is 14.4. The van der Waals surface area contributed by atoms with Crippen molar-refractivity contribution in [3.63, 3.8) is 0 Å². The summed E-state index contributed by atoms with van der Waals surface area (Å²) in [6.07, 6.45) is 0. The van der Waals surface area contributed by atoms with Crippen LogP contribution in [-0.4, -0.2) is 30.3 Å². The maximum Gasteiger partial charge on any atom is 0.190 e. The van der Waals surface area contributed by atoms with Crippen molar-refractivity contribution in [2.45, 2.75) is 10.2 Å². The molecule has 1 rings (SSSR count). The molecule has 1 aromatic rings. The molecule has 4 nitrogen and oxygen atoms in total. The zero-order chi connectivity index (χ0) is 13.1. The Labute approximate surface area is 114 Å². The van der Waals surface area contributed by atoms with Gasteiger partial charge in [0.15, 0.2) is 18.9 Å². The van der Waals surface area contributed by atoms with Gasteiger partial charge in [0.05, 0.1) is 7.11 Å². The molecule has 0 N–H and O–H groups in total. The molecule has 17 heavy (non-hydrogen) atoms. The third-order valence-corrected chi connectivity index (χ3v) is 6.84. The van der Waals surface area contributed by atoms with E-state index in [-0.39, 0.29) is 5.75 Å². The van der Waals surface area contributed by atoms with Gasteiger partial charge in [-0.25, -0.2) is 8.42 Å². The van der Waals surface area contributed by atoms with Crippen molar-refractivity contribution in [1.29, 1.82) is 0 Å². The molecule has 0 amide bonds. The summed E-state index contributed by atoms with van der Waals surface area (Å²) >= 11 is 1.66. The minimum Gasteiger partial charge on any atom is -0.497 e. The highest BCUT2D eigenvalue weighted by molar-refractivity contribution is 14.1. The largest absolute Gasteiger partial charge is 0.497 e. The van der Waals surface area contributed by atoms with Crippen molar-refractivity contribution in [2.24, 2.45) is 0 Å². The molecule has 0 aliphatic carbocycles. The first-order valence-corrected chi connectivity index (χ1v) is 7.92. The zero-order valence-corrected chi connectivity index (χ0v) is 12.5. The number of sulfone groups is 1. The number of Topliss-reactive ketones (excluding diaryl/α,β-unsaturated/α-hetero) is 1. The Hall–Kier alpha value is -0.630. The molecule has 0 saturated heterocycles. The molecule has 0 radical (unpaired) electrons. The zero-order valence-electron chi connectivity index (χ0n) is 9.51. The smallest absolute Gasteiger partial charge is 0.190 e. The van der Waals surface area contributed by atoms with Crippen molar-refractivity contribution < 1.29 is 17.9 Å². The third-order valence-electron chi connectivity index (χ3n) is 2.30. The van der Waals surface area contributed by atoms with Crippen LogP contribution in [0.5, 0.6) is 5.75 Å². The average Bonchev–Trinajstić information content (AvgIpc) is 2.37. The molecular weight excluding hydrogens is 355 g/mol. The second kappa shape index (κ2) is 5.81. The van der Waals surface area contributed by atoms with Gasteiger partial charge in [0, 0.05) is 11.3 Å². The van der Waals surface area contributed by atoms with E-state index < -0.39 is 18.9 Å². The number of hydrogen-bond acceptors (Lipinski definition) is 4. The second-order valence-electron chi connectivity index (χ2n) is 3.36. The number of ketones is 1. The summed E-state index contributed by atoms with van der Waals surface area (Å²) in [5, 5.41) is 0. The maximum atomic E-state index is 11.9. The summed E-state index contributed by atoms with van der Waals surface area (Å²) in [6.45, 7) is 1.53. The van der Waals surface area contributed by atoms with Gasteiger partial charge in [-0.2, -0.15) is 0 Å². The highest BCUT2D eigenvalue weighted by atomic mass is 127. The molecule has 94 valence electrons. The van der Waals surface area contributed by atoms with Crippen LogP contribution < -0.4 is 4.74 Å². The van der Waals surface area contributed by atoms with Gasteiger partial charge in [-0.15, -0.1) is 0 Å². The van der Waals surface area contributed by atoms with Crippen LogP contribution in [-0.2, 0) is 9.84 Å². The summed E-state index contributed by atoms with van der Waals surface area (Å²) in [5.74, 6) is 0.197. The Balaban J connectivity index is 2.97. The molecule has 0 heterocycles. The van der Waals surface area contributed by atoms with E-state index in [1.54, 1.807) is 46.9 Å². The third kappa shape index (κ3) is 3.41. The lowest BCUT2D eigenvalue weighted by Crippen LogP contribution is -2.25. The van der Waals surface area contributed by atoms with Gasteiger partial charge in [-0.1, -0.05) is 29.5 Å². The highest BCUT2D eigenvalue weighted by Gasteiger charge is 2.28. The number of methoxy groups -OCH3 is 1. The predicted molar refractivity (Wildman–Crippen MR) is 74.6 cm³/mol. The molecule has 0 bridgehead atoms. The normalized spacial score (nSPS) is 13.1. The van der Waals surface area contributed by atoms with Gasteiger partial charge in [-0.05, 0) is 24.3 Å². The molecule has 0 aromatic heterocycles. The van der Waals surface area contributed by atoms with E-state index in [1.165, 1.54) is 14.0 Å². The molecule has 0 aliphatic rings. The molecule has 0 fully saturated rings. The van der Waals surface area contributed by atoms with Crippen LogP contribution in [0.4, 0.5) is 0 Å². The molecule has 0 spiro atoms. The number of rotatable bonds is 5. The Morgan fingerprint density at radius 3 is 2.29 bits per heavy atom. The van der Waals surface area contributed by atoms with E-state index in [9.17, 15) is 13.2 Å². The monoisotopic (exact) mass is 368 g/mol. The summed E-state index contributed by atoms with van der Waals surface area (Å²) in [7, 11) is -1.83. The molecular formula is C11H13IO4S. The van der Waals surface area contributed by atoms with Crippen LogP contribution in [0, 0.1) is 0 Å². The SMILES string of the molecule is CCS(=O)(=O)C(I)C(=O)c1ccc(OC)cc1. The van der Waals surface area contributed by atoms with Crippen LogP contribution in [0.25, 0.3) is 0 Å². The first-order chi connectivity index (χ1) is 7.92. The van der Waals surface area contributed by atoms with E-state index in [0.29, 0.717) is 11.3 Å². The topological polar surface area (TPSA) is 60.4 Å². The minimum absolute atomic E-state index is 0.0392. The number of halogens is 1. The van der Waals surface area contributed by atoms with Gasteiger partial charge in [0.1, 0.15) is 5.75 Å². The highest BCUT2D eigenvalue weighted by Crippen LogP contribution is 2.19. The summed E-state index contributed by atoms with van der Waals surface area (Å²) in [6, 6.07) is 6.40. The quantitative estimate of drug-likeness (QED) is 0.454. The van der Waals surface area contributed by atoms with Crippen molar-refractivity contribution in [1.82, 2.24) is 0 Å². The average molecular weight is 368 g/mol. The Morgan fingerprint density at radius 1 is 1.35 bits per heavy atom. The molecule has 0 aliphatic heterocycles. The molecule has 6 heteroatoms. The van der Waals surface area contributed by atoms with Crippen LogP contribution in [0.2, 0.25) is 0 Å². The molecule has 0 saturated carbocycles. The van der Waals surface area contributed by atoms with Gasteiger partial charge in [-0.3, -0.25) is 4.79 Å². The fourth-order valence-electron chi connectivity index (χ4n) is 1.20. The van der Waals surface area contributed by atoms with Crippen LogP contribution in [0.1, 0.15) is 17.3 Å². The van der Waals surface area contributed by atoms with Gasteiger partial charge >= 0.3 is 0 Å². The number of alkyl halides is 1. The van der Waals surface area contributed by atoms with Crippen molar-refractivity contribution in [3.8, 4) is 5.75 Å². The van der Waals surface area contributed by atoms with Crippen molar-refractivity contribution >= 4 is 38.2 Å². The van der Waals surface area contributed by atoms with Crippen LogP contribution >= 0.6 is 22.6 Å². The summed E-state index contributed by atoms with van der Waals surface area (Å²) in [5.41, 5.74) is 0.377. The van der Waals surface area contributed by atoms with Crippen LogP contribution in [0.3, 0.4) is 0 Å². The fourth-order valence-corrected chi connectivity index (χ4v) is 3.39. The molecule has 1 unspecified atom stereocenters. The summed E-state index contributed by atoms with van der Waals surface area (Å²) < 4.78 is 27.1. The van der Waals surface area contributed by atoms with Crippen molar-refractivity contribution in [2.75, 3.05) is 12.9 Å². The number of carbonyl (C=O) groups is 1. The van der Waals surface area contributed by atoms with E-state index in [1.807, 2.05) is 0 Å². The van der Waals surface area contributed by atoms with E-state index in [2.05, 4.69) is 0 Å². The Morgan fingerprint density at radius 2 is 1.88 bits per heavy atom. The van der Waals surface area contributed by atoms with Gasteiger partial charge in [0.25, 0.3) is 0 Å². The standard InChI is InChI=1S/C11H13IO4S/c1-3-17(14,15)11(12)10(13)8-4-6-9(16-2)7-5-8/h4-7,11H,3H2,1-2H3. The maximum absolute atomic E-state index is 11.9. The number of benzene rings is 1. The minimum atomic E-state index is -3.36. The lowest BCUT2D eigenvalue weighted by molar-refractivity contribution is 0.101. The second-order valence-corrected chi connectivity index (χ2v) is 7.83. The van der Waals surface area contributed by atoms with Crippen LogP contribution in [0.15, 0.2) is 24.3 Å². The first-order valence-electron chi connectivity index (χ1n) is 4.96. The number of carbonyl (C=O) groups excluding carboxylic acids is 1. The number of hydrogen-bond donors (Lipinski definition) is 0. The Bertz CT molecular complexity index is 493. The molecule has 1 atom stereocenters. The lowest BCUT2D eigenvalue weighted by atomic mass is 10.1. The van der Waals surface area contributed by atoms with E-state index in [0.717, 1.165) is 0 Å². The van der Waals surface area contributed by atoms with E-state index >= 15 is 0 Å². The van der Waals surface area contributed by atoms with Crippen molar-refractivity contribution in [3.05, 3.63) is 29.8 Å². The number of ether oxygens (including phenoxy) is 1. The van der Waals surface area contributed by atoms with Gasteiger partial charge in [0.2, 0.25) is 0 Å². The lowest BCUT2D eigenvalue weighted by Gasteiger charge is -2.09. The van der Waals surface area contributed by atoms with E-state index in [4.69, 9.17) is 4.74 Å². The fraction of sp³-hybridized carbons (Fsp3) is 0.364. The Kier molecular flexibility index (Phi) is 4.93. The molecule has 1 aromatic carbocycles. The van der Waals surface area contributed by atoms with Gasteiger partial charge < -0.3 is 4.74 Å². The summed E-state index contributed by atoms with van der Waals surface area (Å²) in [4.78, 5) is 11.9.